The second-order valence-corrected chi connectivity index (χ2v) is 12.3. The molecule has 2 fully saturated rings. The molecule has 3 aliphatic rings. The molecule has 49 heavy (non-hydrogen) atoms. The molecule has 5 heterocycles. The summed E-state index contributed by atoms with van der Waals surface area (Å²) in [5.74, 6) is -1.63. The number of pyridine rings is 2. The Kier molecular flexibility index (Phi) is 7.97. The van der Waals surface area contributed by atoms with Gasteiger partial charge in [0.1, 0.15) is 22.9 Å². The number of ether oxygens (including phenoxy) is 1. The summed E-state index contributed by atoms with van der Waals surface area (Å²) in [5, 5.41) is 12.8. The van der Waals surface area contributed by atoms with Gasteiger partial charge >= 0.3 is 0 Å². The van der Waals surface area contributed by atoms with Crippen LogP contribution in [0.4, 0.5) is 14.5 Å². The van der Waals surface area contributed by atoms with Crippen LogP contribution in [0.2, 0.25) is 0 Å². The summed E-state index contributed by atoms with van der Waals surface area (Å²) in [6, 6.07) is 8.37. The van der Waals surface area contributed by atoms with Crippen molar-refractivity contribution in [3.8, 4) is 16.9 Å². The number of carboxylic acid groups (broad SMARTS) is 1. The van der Waals surface area contributed by atoms with E-state index >= 15 is 0 Å². The van der Waals surface area contributed by atoms with Crippen molar-refractivity contribution in [3.05, 3.63) is 89.5 Å². The summed E-state index contributed by atoms with van der Waals surface area (Å²) in [6.45, 7) is 0.892. The first kappa shape index (κ1) is 31.7. The molecule has 2 aliphatic carbocycles. The minimum Gasteiger partial charge on any atom is -0.482 e. The van der Waals surface area contributed by atoms with Crippen molar-refractivity contribution < 1.29 is 33.0 Å². The molecule has 13 nitrogen and oxygen atoms in total. The minimum absolute atomic E-state index is 0.0265. The molecule has 0 unspecified atom stereocenters. The maximum Gasteiger partial charge on any atom is 0.300 e. The Morgan fingerprint density at radius 2 is 1.76 bits per heavy atom. The number of benzene rings is 1. The highest BCUT2D eigenvalue weighted by atomic mass is 19.1. The second kappa shape index (κ2) is 12.3. The zero-order chi connectivity index (χ0) is 34.4. The first-order chi connectivity index (χ1) is 23.5. The molecule has 0 bridgehead atoms. The number of hydrogen-bond acceptors (Lipinski definition) is 9. The predicted octanol–water partition coefficient (Wildman–Crippen LogP) is 4.17. The molecule has 0 spiro atoms. The molecule has 2 amide bonds. The average molecular weight is 669 g/mol. The number of carbonyl (C=O) groups excluding carboxylic acids is 2. The Hall–Kier alpha value is -5.86. The number of carbonyl (C=O) groups is 3. The van der Waals surface area contributed by atoms with Crippen LogP contribution in [0.5, 0.6) is 5.75 Å². The number of primary amides is 1. The van der Waals surface area contributed by atoms with Crippen LogP contribution in [0.1, 0.15) is 60.2 Å². The van der Waals surface area contributed by atoms with Crippen LogP contribution >= 0.6 is 0 Å². The number of aromatic nitrogens is 6. The molecule has 0 saturated heterocycles. The van der Waals surface area contributed by atoms with Gasteiger partial charge in [-0.25, -0.2) is 28.4 Å². The highest BCUT2D eigenvalue weighted by molar-refractivity contribution is 6.09. The fourth-order valence-corrected chi connectivity index (χ4v) is 6.15. The van der Waals surface area contributed by atoms with Crippen molar-refractivity contribution in [1.82, 2.24) is 29.7 Å². The first-order valence-corrected chi connectivity index (χ1v) is 15.6. The molecule has 15 heteroatoms. The Labute approximate surface area is 277 Å². The van der Waals surface area contributed by atoms with Crippen molar-refractivity contribution >= 4 is 34.5 Å². The Morgan fingerprint density at radius 1 is 1.04 bits per heavy atom. The zero-order valence-electron chi connectivity index (χ0n) is 26.3. The number of anilines is 1. The standard InChI is InChI=1S/C32H26F2N8O3.C2H4O2/c33-19-4-6-25(36-11-19)32(7-8-32)42-31-21(14-39-42)28(29(30(35)44)22(40-31)9-17-1-2-17)18-3-5-23-24(10-18)45-16-27(43)41(23)15-26-37-12-20(34)13-38-26;1-2(3)4/h3-6,10-14,17H,1-2,7-9,15-16H2,(H2,35,44);1H3,(H,3,4). The lowest BCUT2D eigenvalue weighted by atomic mass is 9.93. The van der Waals surface area contributed by atoms with E-state index in [0.29, 0.717) is 62.9 Å². The summed E-state index contributed by atoms with van der Waals surface area (Å²) < 4.78 is 34.8. The van der Waals surface area contributed by atoms with E-state index < -0.39 is 29.0 Å². The third-order valence-electron chi connectivity index (χ3n) is 8.72. The van der Waals surface area contributed by atoms with E-state index in [2.05, 4.69) is 15.0 Å². The Balaban J connectivity index is 0.000000898. The van der Waals surface area contributed by atoms with Gasteiger partial charge < -0.3 is 15.6 Å². The van der Waals surface area contributed by atoms with Crippen molar-refractivity contribution in [2.24, 2.45) is 11.7 Å². The topological polar surface area (TPSA) is 179 Å². The van der Waals surface area contributed by atoms with Crippen LogP contribution < -0.4 is 15.4 Å². The lowest BCUT2D eigenvalue weighted by Crippen LogP contribution is -2.38. The molecule has 5 aromatic rings. The van der Waals surface area contributed by atoms with Gasteiger partial charge in [-0.05, 0) is 67.9 Å². The fourth-order valence-electron chi connectivity index (χ4n) is 6.15. The number of nitrogens with two attached hydrogens (primary N) is 1. The molecule has 0 atom stereocenters. The largest absolute Gasteiger partial charge is 0.482 e. The number of carboxylic acids is 1. The highest BCUT2D eigenvalue weighted by Crippen LogP contribution is 2.50. The third kappa shape index (κ3) is 6.14. The number of rotatable bonds is 8. The van der Waals surface area contributed by atoms with E-state index in [1.54, 1.807) is 30.5 Å². The molecular formula is C34H30F2N8O5. The van der Waals surface area contributed by atoms with E-state index in [-0.39, 0.29) is 24.9 Å². The summed E-state index contributed by atoms with van der Waals surface area (Å²) in [7, 11) is 0. The van der Waals surface area contributed by atoms with Crippen LogP contribution in [-0.2, 0) is 28.1 Å². The molecule has 250 valence electrons. The van der Waals surface area contributed by atoms with E-state index in [9.17, 15) is 18.4 Å². The SMILES string of the molecule is CC(=O)O.NC(=O)c1c(CC2CC2)nc2c(cnn2C2(c3ccc(F)cn3)CC2)c1-c1ccc2c(c1)OCC(=O)N2Cc1ncc(F)cn1. The second-order valence-electron chi connectivity index (χ2n) is 12.3. The van der Waals surface area contributed by atoms with Gasteiger partial charge in [-0.2, -0.15) is 5.10 Å². The van der Waals surface area contributed by atoms with Gasteiger partial charge in [-0.1, -0.05) is 6.07 Å². The number of aliphatic carboxylic acids is 1. The Bertz CT molecular complexity index is 2110. The summed E-state index contributed by atoms with van der Waals surface area (Å²) in [5.41, 5.74) is 9.37. The van der Waals surface area contributed by atoms with Crippen LogP contribution in [-0.4, -0.2) is 59.2 Å². The van der Waals surface area contributed by atoms with Gasteiger partial charge in [0, 0.05) is 17.9 Å². The van der Waals surface area contributed by atoms with E-state index in [1.807, 2.05) is 4.68 Å². The number of fused-ring (bicyclic) bond motifs is 2. The first-order valence-electron chi connectivity index (χ1n) is 15.6. The van der Waals surface area contributed by atoms with Gasteiger partial charge in [0.05, 0.1) is 54.0 Å². The van der Waals surface area contributed by atoms with Crippen molar-refractivity contribution in [2.45, 2.75) is 51.1 Å². The lowest BCUT2D eigenvalue weighted by molar-refractivity contribution is -0.134. The minimum atomic E-state index is -0.833. The molecule has 3 N–H and O–H groups in total. The molecule has 2 saturated carbocycles. The van der Waals surface area contributed by atoms with Crippen LogP contribution in [0.15, 0.2) is 55.1 Å². The van der Waals surface area contributed by atoms with E-state index in [4.69, 9.17) is 30.5 Å². The highest BCUT2D eigenvalue weighted by Gasteiger charge is 2.50. The van der Waals surface area contributed by atoms with Gasteiger partial charge in [-0.15, -0.1) is 0 Å². The molecule has 8 rings (SSSR count). The lowest BCUT2D eigenvalue weighted by Gasteiger charge is -2.29. The number of amides is 2. The van der Waals surface area contributed by atoms with E-state index in [1.165, 1.54) is 17.2 Å². The maximum atomic E-state index is 13.7. The van der Waals surface area contributed by atoms with Crippen molar-refractivity contribution in [1.29, 1.82) is 0 Å². The summed E-state index contributed by atoms with van der Waals surface area (Å²) in [6.07, 6.45) is 9.17. The molecular weight excluding hydrogens is 638 g/mol. The quantitative estimate of drug-likeness (QED) is 0.244. The van der Waals surface area contributed by atoms with Crippen molar-refractivity contribution in [3.63, 3.8) is 0 Å². The third-order valence-corrected chi connectivity index (χ3v) is 8.72. The van der Waals surface area contributed by atoms with Crippen LogP contribution in [0.3, 0.4) is 0 Å². The normalized spacial score (nSPS) is 16.0. The van der Waals surface area contributed by atoms with Crippen LogP contribution in [0.25, 0.3) is 22.2 Å². The zero-order valence-corrected chi connectivity index (χ0v) is 26.3. The van der Waals surface area contributed by atoms with Gasteiger partial charge in [0.25, 0.3) is 17.8 Å². The van der Waals surface area contributed by atoms with Gasteiger partial charge in [0.15, 0.2) is 18.1 Å². The van der Waals surface area contributed by atoms with Gasteiger partial charge in [-0.3, -0.25) is 24.3 Å². The van der Waals surface area contributed by atoms with E-state index in [0.717, 1.165) is 45.0 Å². The summed E-state index contributed by atoms with van der Waals surface area (Å²) in [4.78, 5) is 53.8. The molecule has 1 aromatic carbocycles. The van der Waals surface area contributed by atoms with Gasteiger partial charge in [0.2, 0.25) is 0 Å². The smallest absolute Gasteiger partial charge is 0.300 e. The predicted molar refractivity (Wildman–Crippen MR) is 170 cm³/mol. The fraction of sp³-hybridized carbons (Fsp3) is 0.294. The maximum absolute atomic E-state index is 13.7. The average Bonchev–Trinajstić information content (AvgIpc) is 4.01. The monoisotopic (exact) mass is 668 g/mol. The summed E-state index contributed by atoms with van der Waals surface area (Å²) >= 11 is 0. The molecule has 4 aromatic heterocycles. The van der Waals surface area contributed by atoms with Crippen LogP contribution in [0, 0.1) is 17.6 Å². The number of nitrogens with zero attached hydrogens (tertiary/aromatic N) is 7. The molecule has 0 radical (unpaired) electrons. The molecule has 1 aliphatic heterocycles. The number of halogens is 2. The Morgan fingerprint density at radius 3 is 2.39 bits per heavy atom. The van der Waals surface area contributed by atoms with Crippen molar-refractivity contribution in [2.75, 3.05) is 11.5 Å². The number of hydrogen-bond donors (Lipinski definition) is 2.